The highest BCUT2D eigenvalue weighted by atomic mass is 32.2. The zero-order chi connectivity index (χ0) is 11.5. The molecule has 0 aromatic rings. The van der Waals surface area contributed by atoms with E-state index in [1.165, 1.54) is 4.31 Å². The number of carbonyl (C=O) groups is 1. The van der Waals surface area contributed by atoms with E-state index in [9.17, 15) is 13.2 Å². The van der Waals surface area contributed by atoms with Gasteiger partial charge < -0.3 is 11.5 Å². The van der Waals surface area contributed by atoms with Gasteiger partial charge in [0, 0.05) is 19.6 Å². The number of primary amides is 1. The van der Waals surface area contributed by atoms with Gasteiger partial charge in [0.2, 0.25) is 15.9 Å². The standard InChI is InChI=1S/C8H17N3O3S/c9-3-5-15(13,14)11-4-1-2-7(6-11)8(10)12/h7H,1-6,9H2,(H2,10,12). The van der Waals surface area contributed by atoms with Gasteiger partial charge >= 0.3 is 0 Å². The summed E-state index contributed by atoms with van der Waals surface area (Å²) in [5.74, 6) is -0.854. The molecule has 1 amide bonds. The maximum Gasteiger partial charge on any atom is 0.221 e. The maximum absolute atomic E-state index is 11.6. The Morgan fingerprint density at radius 1 is 1.47 bits per heavy atom. The normalized spacial score (nSPS) is 23.9. The van der Waals surface area contributed by atoms with Crippen LogP contribution in [0.5, 0.6) is 0 Å². The molecule has 1 heterocycles. The molecule has 15 heavy (non-hydrogen) atoms. The number of hydrogen-bond acceptors (Lipinski definition) is 4. The van der Waals surface area contributed by atoms with Crippen LogP contribution in [0.15, 0.2) is 0 Å². The monoisotopic (exact) mass is 235 g/mol. The Morgan fingerprint density at radius 3 is 2.67 bits per heavy atom. The SMILES string of the molecule is NCCS(=O)(=O)N1CCCC(C(N)=O)C1. The number of rotatable bonds is 4. The summed E-state index contributed by atoms with van der Waals surface area (Å²) in [7, 11) is -3.30. The molecule has 0 aromatic carbocycles. The number of sulfonamides is 1. The fourth-order valence-electron chi connectivity index (χ4n) is 1.71. The third kappa shape index (κ3) is 3.15. The minimum atomic E-state index is -3.30. The van der Waals surface area contributed by atoms with Crippen molar-refractivity contribution in [2.75, 3.05) is 25.4 Å². The summed E-state index contributed by atoms with van der Waals surface area (Å²) in [5, 5.41) is 0. The molecular weight excluding hydrogens is 218 g/mol. The van der Waals surface area contributed by atoms with Crippen molar-refractivity contribution in [3.8, 4) is 0 Å². The summed E-state index contributed by atoms with van der Waals surface area (Å²) in [6.07, 6.45) is 1.35. The highest BCUT2D eigenvalue weighted by Crippen LogP contribution is 2.18. The quantitative estimate of drug-likeness (QED) is 0.616. The van der Waals surface area contributed by atoms with E-state index in [4.69, 9.17) is 11.5 Å². The van der Waals surface area contributed by atoms with Crippen molar-refractivity contribution >= 4 is 15.9 Å². The molecule has 0 spiro atoms. The van der Waals surface area contributed by atoms with Crippen molar-refractivity contribution in [1.29, 1.82) is 0 Å². The molecule has 1 fully saturated rings. The van der Waals surface area contributed by atoms with Gasteiger partial charge in [0.05, 0.1) is 11.7 Å². The second-order valence-corrected chi connectivity index (χ2v) is 5.79. The number of carbonyl (C=O) groups excluding carboxylic acids is 1. The fraction of sp³-hybridized carbons (Fsp3) is 0.875. The van der Waals surface area contributed by atoms with E-state index >= 15 is 0 Å². The van der Waals surface area contributed by atoms with Crippen molar-refractivity contribution in [1.82, 2.24) is 4.31 Å². The van der Waals surface area contributed by atoms with Gasteiger partial charge in [0.1, 0.15) is 0 Å². The molecule has 1 saturated heterocycles. The van der Waals surface area contributed by atoms with Crippen molar-refractivity contribution in [3.63, 3.8) is 0 Å². The molecule has 1 aliphatic heterocycles. The zero-order valence-corrected chi connectivity index (χ0v) is 9.37. The third-order valence-corrected chi connectivity index (χ3v) is 4.43. The van der Waals surface area contributed by atoms with E-state index in [1.807, 2.05) is 0 Å². The predicted octanol–water partition coefficient (Wildman–Crippen LogP) is -1.53. The summed E-state index contributed by atoms with van der Waals surface area (Å²) < 4.78 is 24.6. The number of nitrogens with two attached hydrogens (primary N) is 2. The second kappa shape index (κ2) is 4.91. The smallest absolute Gasteiger partial charge is 0.221 e. The van der Waals surface area contributed by atoms with E-state index in [0.29, 0.717) is 19.4 Å². The molecule has 88 valence electrons. The van der Waals surface area contributed by atoms with E-state index in [1.54, 1.807) is 0 Å². The molecule has 4 N–H and O–H groups in total. The summed E-state index contributed by atoms with van der Waals surface area (Å²) >= 11 is 0. The van der Waals surface area contributed by atoms with Crippen LogP contribution >= 0.6 is 0 Å². The first kappa shape index (κ1) is 12.4. The average Bonchev–Trinajstić information content (AvgIpc) is 2.18. The molecule has 7 heteroatoms. The first-order valence-electron chi connectivity index (χ1n) is 4.94. The Balaban J connectivity index is 2.67. The van der Waals surface area contributed by atoms with E-state index < -0.39 is 15.9 Å². The van der Waals surface area contributed by atoms with Crippen LogP contribution in [-0.2, 0) is 14.8 Å². The van der Waals surface area contributed by atoms with Gasteiger partial charge in [0.25, 0.3) is 0 Å². The molecule has 1 rings (SSSR count). The van der Waals surface area contributed by atoms with Crippen LogP contribution in [0.4, 0.5) is 0 Å². The summed E-state index contributed by atoms with van der Waals surface area (Å²) in [6.45, 7) is 0.768. The minimum absolute atomic E-state index is 0.0710. The Morgan fingerprint density at radius 2 is 2.13 bits per heavy atom. The van der Waals surface area contributed by atoms with Crippen LogP contribution < -0.4 is 11.5 Å². The van der Waals surface area contributed by atoms with Crippen LogP contribution in [0.3, 0.4) is 0 Å². The Labute approximate surface area is 89.6 Å². The Kier molecular flexibility index (Phi) is 4.06. The van der Waals surface area contributed by atoms with Gasteiger partial charge in [-0.3, -0.25) is 4.79 Å². The highest BCUT2D eigenvalue weighted by Gasteiger charge is 2.30. The lowest BCUT2D eigenvalue weighted by Crippen LogP contribution is -2.45. The highest BCUT2D eigenvalue weighted by molar-refractivity contribution is 7.89. The van der Waals surface area contributed by atoms with Crippen molar-refractivity contribution < 1.29 is 13.2 Å². The van der Waals surface area contributed by atoms with Gasteiger partial charge in [-0.05, 0) is 12.8 Å². The molecule has 0 bridgehead atoms. The largest absolute Gasteiger partial charge is 0.369 e. The molecule has 0 aliphatic carbocycles. The number of hydrogen-bond donors (Lipinski definition) is 2. The van der Waals surface area contributed by atoms with E-state index in [0.717, 1.165) is 0 Å². The molecular formula is C8H17N3O3S. The van der Waals surface area contributed by atoms with Gasteiger partial charge in [-0.15, -0.1) is 0 Å². The Bertz CT molecular complexity index is 328. The number of nitrogens with zero attached hydrogens (tertiary/aromatic N) is 1. The average molecular weight is 235 g/mol. The fourth-order valence-corrected chi connectivity index (χ4v) is 3.08. The predicted molar refractivity (Wildman–Crippen MR) is 56.3 cm³/mol. The summed E-state index contributed by atoms with van der Waals surface area (Å²) in [4.78, 5) is 11.0. The van der Waals surface area contributed by atoms with Crippen LogP contribution in [0.25, 0.3) is 0 Å². The molecule has 1 atom stereocenters. The Hall–Kier alpha value is -0.660. The van der Waals surface area contributed by atoms with E-state index in [2.05, 4.69) is 0 Å². The minimum Gasteiger partial charge on any atom is -0.369 e. The number of piperidine rings is 1. The lowest BCUT2D eigenvalue weighted by atomic mass is 9.99. The number of amides is 1. The second-order valence-electron chi connectivity index (χ2n) is 3.70. The van der Waals surface area contributed by atoms with E-state index in [-0.39, 0.29) is 24.8 Å². The van der Waals surface area contributed by atoms with Gasteiger partial charge in [-0.2, -0.15) is 0 Å². The molecule has 0 aromatic heterocycles. The van der Waals surface area contributed by atoms with Crippen LogP contribution in [0.2, 0.25) is 0 Å². The van der Waals surface area contributed by atoms with Crippen LogP contribution in [0.1, 0.15) is 12.8 Å². The molecule has 0 radical (unpaired) electrons. The molecule has 0 saturated carbocycles. The van der Waals surface area contributed by atoms with Gasteiger partial charge in [-0.1, -0.05) is 0 Å². The molecule has 1 aliphatic rings. The van der Waals surface area contributed by atoms with Crippen molar-refractivity contribution in [2.45, 2.75) is 12.8 Å². The zero-order valence-electron chi connectivity index (χ0n) is 8.55. The topological polar surface area (TPSA) is 106 Å². The third-order valence-electron chi connectivity index (χ3n) is 2.56. The lowest BCUT2D eigenvalue weighted by Gasteiger charge is -2.30. The van der Waals surface area contributed by atoms with Gasteiger partial charge in [-0.25, -0.2) is 12.7 Å². The molecule has 1 unspecified atom stereocenters. The molecule has 6 nitrogen and oxygen atoms in total. The van der Waals surface area contributed by atoms with Gasteiger partial charge in [0.15, 0.2) is 0 Å². The van der Waals surface area contributed by atoms with Crippen LogP contribution in [-0.4, -0.2) is 44.0 Å². The van der Waals surface area contributed by atoms with Crippen molar-refractivity contribution in [2.24, 2.45) is 17.4 Å². The maximum atomic E-state index is 11.6. The van der Waals surface area contributed by atoms with Crippen molar-refractivity contribution in [3.05, 3.63) is 0 Å². The summed E-state index contributed by atoms with van der Waals surface area (Å²) in [5.41, 5.74) is 10.4. The lowest BCUT2D eigenvalue weighted by molar-refractivity contribution is -0.122. The first-order chi connectivity index (χ1) is 6.97. The summed E-state index contributed by atoms with van der Waals surface area (Å²) in [6, 6.07) is 0. The van der Waals surface area contributed by atoms with Crippen LogP contribution in [0, 0.1) is 5.92 Å². The first-order valence-corrected chi connectivity index (χ1v) is 6.55.